The largest absolute Gasteiger partial charge is 0.508 e. The van der Waals surface area contributed by atoms with E-state index in [1.54, 1.807) is 6.07 Å². The molecule has 28 heavy (non-hydrogen) atoms. The summed E-state index contributed by atoms with van der Waals surface area (Å²) in [5.41, 5.74) is 6.57. The van der Waals surface area contributed by atoms with E-state index in [2.05, 4.69) is 33.0 Å². The molecule has 2 aromatic carbocycles. The van der Waals surface area contributed by atoms with Crippen LogP contribution in [0.25, 0.3) is 5.70 Å². The summed E-state index contributed by atoms with van der Waals surface area (Å²) in [5, 5.41) is 19.6. The molecule has 3 heterocycles. The molecule has 0 aliphatic carbocycles. The first-order valence-corrected chi connectivity index (χ1v) is 9.21. The summed E-state index contributed by atoms with van der Waals surface area (Å²) >= 11 is 0. The van der Waals surface area contributed by atoms with E-state index in [0.717, 1.165) is 39.3 Å². The maximum atomic E-state index is 11.8. The van der Waals surface area contributed by atoms with Gasteiger partial charge in [-0.25, -0.2) is 0 Å². The van der Waals surface area contributed by atoms with E-state index in [9.17, 15) is 9.90 Å². The summed E-state index contributed by atoms with van der Waals surface area (Å²) in [4.78, 5) is 14.0. The minimum atomic E-state index is -0.0588. The van der Waals surface area contributed by atoms with E-state index < -0.39 is 0 Å². The second-order valence-corrected chi connectivity index (χ2v) is 7.15. The fourth-order valence-electron chi connectivity index (χ4n) is 3.79. The molecule has 0 fully saturated rings. The van der Waals surface area contributed by atoms with Crippen LogP contribution in [0.2, 0.25) is 0 Å². The summed E-state index contributed by atoms with van der Waals surface area (Å²) in [7, 11) is 0. The predicted molar refractivity (Wildman–Crippen MR) is 108 cm³/mol. The van der Waals surface area contributed by atoms with Gasteiger partial charge in [-0.15, -0.1) is 0 Å². The molecule has 3 aliphatic heterocycles. The number of nitrogens with one attached hydrogen (secondary N) is 3. The molecule has 0 bridgehead atoms. The van der Waals surface area contributed by atoms with Gasteiger partial charge in [-0.2, -0.15) is 0 Å². The summed E-state index contributed by atoms with van der Waals surface area (Å²) < 4.78 is 0. The van der Waals surface area contributed by atoms with Gasteiger partial charge in [-0.1, -0.05) is 12.1 Å². The van der Waals surface area contributed by atoms with E-state index in [1.807, 2.05) is 49.7 Å². The number of anilines is 1. The minimum Gasteiger partial charge on any atom is -0.508 e. The van der Waals surface area contributed by atoms with Crippen LogP contribution in [-0.2, 0) is 6.54 Å². The lowest BCUT2D eigenvalue weighted by Gasteiger charge is -2.33. The molecule has 2 aromatic rings. The summed E-state index contributed by atoms with van der Waals surface area (Å²) in [6, 6.07) is 11.5. The maximum absolute atomic E-state index is 11.8. The van der Waals surface area contributed by atoms with E-state index in [4.69, 9.17) is 0 Å². The van der Waals surface area contributed by atoms with Gasteiger partial charge in [0, 0.05) is 36.3 Å². The lowest BCUT2D eigenvalue weighted by atomic mass is 10.0. The van der Waals surface area contributed by atoms with Gasteiger partial charge in [-0.05, 0) is 54.0 Å². The molecule has 1 amide bonds. The highest BCUT2D eigenvalue weighted by Crippen LogP contribution is 2.33. The number of carbonyl (C=O) groups is 1. The van der Waals surface area contributed by atoms with Gasteiger partial charge in [0.05, 0.1) is 11.4 Å². The van der Waals surface area contributed by atoms with Gasteiger partial charge < -0.3 is 26.0 Å². The normalized spacial score (nSPS) is 19.4. The van der Waals surface area contributed by atoms with Gasteiger partial charge in [0.2, 0.25) is 0 Å². The average molecular weight is 372 g/mol. The maximum Gasteiger partial charge on any atom is 0.251 e. The van der Waals surface area contributed by atoms with Gasteiger partial charge >= 0.3 is 0 Å². The number of allylic oxidation sites excluding steroid dienone is 2. The Morgan fingerprint density at radius 1 is 1.18 bits per heavy atom. The van der Waals surface area contributed by atoms with Crippen molar-refractivity contribution in [3.05, 3.63) is 88.9 Å². The second-order valence-electron chi connectivity index (χ2n) is 7.15. The number of hydrogen-bond acceptors (Lipinski definition) is 5. The number of phenols is 1. The van der Waals surface area contributed by atoms with Crippen LogP contribution in [0, 0.1) is 6.92 Å². The van der Waals surface area contributed by atoms with Crippen molar-refractivity contribution in [1.29, 1.82) is 0 Å². The fourth-order valence-corrected chi connectivity index (χ4v) is 3.79. The highest BCUT2D eigenvalue weighted by atomic mass is 16.3. The van der Waals surface area contributed by atoms with Crippen LogP contribution in [-0.4, -0.2) is 22.1 Å². The molecule has 0 aromatic heterocycles. The summed E-state index contributed by atoms with van der Waals surface area (Å²) in [6.07, 6.45) is 7.98. The van der Waals surface area contributed by atoms with Crippen LogP contribution >= 0.6 is 0 Å². The Bertz CT molecular complexity index is 1080. The number of fused-ring (bicyclic) bond motifs is 2. The van der Waals surface area contributed by atoms with E-state index in [1.165, 1.54) is 0 Å². The van der Waals surface area contributed by atoms with Crippen molar-refractivity contribution in [2.24, 2.45) is 0 Å². The zero-order valence-corrected chi connectivity index (χ0v) is 15.4. The first-order valence-electron chi connectivity index (χ1n) is 9.21. The molecule has 4 N–H and O–H groups in total. The number of aromatic hydroxyl groups is 1. The summed E-state index contributed by atoms with van der Waals surface area (Å²) in [5.74, 6) is 0.265. The van der Waals surface area contributed by atoms with Crippen molar-refractivity contribution in [3.8, 4) is 5.75 Å². The standard InChI is InChI=1S/C22H20N4O2/c1-13-2-4-16(11-20(13)27)25-18-6-7-19(26-9-8-23-21(18)26)14-3-5-17-15(10-14)12-24-22(17)28/h2-11,21,23,25,27H,12H2,1H3,(H,24,28). The Kier molecular flexibility index (Phi) is 3.65. The van der Waals surface area contributed by atoms with Crippen LogP contribution in [0.5, 0.6) is 5.75 Å². The van der Waals surface area contributed by atoms with Gasteiger partial charge in [-0.3, -0.25) is 4.79 Å². The highest BCUT2D eigenvalue weighted by molar-refractivity contribution is 5.98. The van der Waals surface area contributed by atoms with Crippen LogP contribution in [0.4, 0.5) is 5.69 Å². The molecule has 0 radical (unpaired) electrons. The molecular formula is C22H20N4O2. The monoisotopic (exact) mass is 372 g/mol. The Balaban J connectivity index is 1.48. The number of amides is 1. The number of nitrogens with zero attached hydrogens (tertiary/aromatic N) is 1. The fraction of sp³-hybridized carbons (Fsp3) is 0.136. The van der Waals surface area contributed by atoms with Crippen LogP contribution in [0.15, 0.2) is 66.6 Å². The zero-order chi connectivity index (χ0) is 19.3. The Hall–Kier alpha value is -3.67. The smallest absolute Gasteiger partial charge is 0.251 e. The third-order valence-corrected chi connectivity index (χ3v) is 5.34. The lowest BCUT2D eigenvalue weighted by molar-refractivity contribution is 0.0965. The number of carbonyl (C=O) groups excluding carboxylic acids is 1. The Morgan fingerprint density at radius 3 is 2.93 bits per heavy atom. The van der Waals surface area contributed by atoms with Crippen LogP contribution in [0.1, 0.15) is 27.0 Å². The van der Waals surface area contributed by atoms with Gasteiger partial charge in [0.25, 0.3) is 5.91 Å². The number of benzene rings is 2. The first kappa shape index (κ1) is 16.5. The molecule has 0 saturated carbocycles. The molecule has 1 unspecified atom stereocenters. The number of aryl methyl sites for hydroxylation is 1. The minimum absolute atomic E-state index is 0.00693. The van der Waals surface area contributed by atoms with Crippen LogP contribution < -0.4 is 16.0 Å². The molecule has 6 nitrogen and oxygen atoms in total. The Labute approximate surface area is 162 Å². The molecule has 3 aliphatic rings. The molecule has 140 valence electrons. The highest BCUT2D eigenvalue weighted by Gasteiger charge is 2.30. The second kappa shape index (κ2) is 6.20. The quantitative estimate of drug-likeness (QED) is 0.666. The van der Waals surface area contributed by atoms with Crippen molar-refractivity contribution in [2.75, 3.05) is 5.32 Å². The zero-order valence-electron chi connectivity index (χ0n) is 15.4. The molecular weight excluding hydrogens is 352 g/mol. The van der Waals surface area contributed by atoms with Crippen molar-refractivity contribution in [2.45, 2.75) is 19.6 Å². The SMILES string of the molecule is Cc1ccc(NC2=CC=C(c3ccc4c(c3)CNC4=O)N3C=CNC23)cc1O. The molecule has 5 rings (SSSR count). The van der Waals surface area contributed by atoms with Crippen molar-refractivity contribution in [3.63, 3.8) is 0 Å². The molecule has 0 saturated heterocycles. The first-order chi connectivity index (χ1) is 13.6. The number of hydrogen-bond donors (Lipinski definition) is 4. The van der Waals surface area contributed by atoms with Crippen molar-refractivity contribution in [1.82, 2.24) is 15.5 Å². The summed E-state index contributed by atoms with van der Waals surface area (Å²) in [6.45, 7) is 2.45. The van der Waals surface area contributed by atoms with E-state index in [0.29, 0.717) is 6.54 Å². The van der Waals surface area contributed by atoms with Crippen LogP contribution in [0.3, 0.4) is 0 Å². The van der Waals surface area contributed by atoms with E-state index >= 15 is 0 Å². The van der Waals surface area contributed by atoms with E-state index in [-0.39, 0.29) is 17.8 Å². The topological polar surface area (TPSA) is 76.6 Å². The van der Waals surface area contributed by atoms with Gasteiger partial charge in [0.15, 0.2) is 0 Å². The Morgan fingerprint density at radius 2 is 2.07 bits per heavy atom. The number of rotatable bonds is 3. The predicted octanol–water partition coefficient (Wildman–Crippen LogP) is 3.00. The third kappa shape index (κ3) is 2.62. The number of phenolic OH excluding ortho intramolecular Hbond substituents is 1. The molecule has 1 atom stereocenters. The lowest BCUT2D eigenvalue weighted by Crippen LogP contribution is -2.40. The average Bonchev–Trinajstić information content (AvgIpc) is 3.32. The molecule has 0 spiro atoms. The van der Waals surface area contributed by atoms with Crippen molar-refractivity contribution < 1.29 is 9.90 Å². The van der Waals surface area contributed by atoms with Gasteiger partial charge in [0.1, 0.15) is 11.9 Å². The van der Waals surface area contributed by atoms with Crippen molar-refractivity contribution >= 4 is 17.3 Å². The third-order valence-electron chi connectivity index (χ3n) is 5.34. The molecule has 6 heteroatoms.